The van der Waals surface area contributed by atoms with E-state index in [0.717, 1.165) is 0 Å². The van der Waals surface area contributed by atoms with Crippen molar-refractivity contribution in [2.75, 3.05) is 0 Å². The summed E-state index contributed by atoms with van der Waals surface area (Å²) < 4.78 is 0. The molecule has 0 aromatic heterocycles. The van der Waals surface area contributed by atoms with E-state index >= 15 is 0 Å². The third-order valence-electron chi connectivity index (χ3n) is 1.80. The second-order valence-electron chi connectivity index (χ2n) is 2.83. The zero-order chi connectivity index (χ0) is 9.52. The SMILES string of the molecule is C/C=C/C=C=C(C)c1ccccc1. The Hall–Kier alpha value is -1.52. The van der Waals surface area contributed by atoms with Crippen molar-refractivity contribution in [3.8, 4) is 0 Å². The molecule has 0 aliphatic rings. The molecule has 0 fully saturated rings. The lowest BCUT2D eigenvalue weighted by atomic mass is 10.1. The van der Waals surface area contributed by atoms with E-state index in [1.165, 1.54) is 11.1 Å². The Balaban J connectivity index is 2.91. The van der Waals surface area contributed by atoms with Gasteiger partial charge in [-0.05, 0) is 31.1 Å². The van der Waals surface area contributed by atoms with Crippen molar-refractivity contribution in [2.24, 2.45) is 0 Å². The quantitative estimate of drug-likeness (QED) is 0.467. The number of hydrogen-bond acceptors (Lipinski definition) is 0. The fourth-order valence-corrected chi connectivity index (χ4v) is 1.04. The van der Waals surface area contributed by atoms with E-state index in [9.17, 15) is 0 Å². The Bertz CT molecular complexity index is 336. The normalized spacial score (nSPS) is 9.69. The largest absolute Gasteiger partial charge is 0.117 e. The van der Waals surface area contributed by atoms with Gasteiger partial charge in [0.05, 0.1) is 0 Å². The van der Waals surface area contributed by atoms with Gasteiger partial charge in [0, 0.05) is 0 Å². The maximum Gasteiger partial charge on any atom is -0.00190 e. The first-order valence-corrected chi connectivity index (χ1v) is 4.44. The van der Waals surface area contributed by atoms with E-state index < -0.39 is 0 Å². The number of hydrogen-bond donors (Lipinski definition) is 0. The van der Waals surface area contributed by atoms with Gasteiger partial charge in [0.15, 0.2) is 0 Å². The van der Waals surface area contributed by atoms with Crippen LogP contribution in [0.5, 0.6) is 0 Å². The fourth-order valence-electron chi connectivity index (χ4n) is 1.04. The van der Waals surface area contributed by atoms with Crippen LogP contribution in [0, 0.1) is 0 Å². The highest BCUT2D eigenvalue weighted by molar-refractivity contribution is 5.62. The van der Waals surface area contributed by atoms with Gasteiger partial charge in [-0.2, -0.15) is 0 Å². The zero-order valence-corrected chi connectivity index (χ0v) is 8.12. The van der Waals surface area contributed by atoms with E-state index in [4.69, 9.17) is 0 Å². The van der Waals surface area contributed by atoms with Crippen molar-refractivity contribution >= 4 is 5.57 Å². The van der Waals surface area contributed by atoms with Gasteiger partial charge in [-0.3, -0.25) is 0 Å². The molecule has 0 aliphatic heterocycles. The minimum Gasteiger partial charge on any atom is -0.117 e. The average molecular weight is 170 g/mol. The first-order chi connectivity index (χ1) is 6.34. The van der Waals surface area contributed by atoms with Gasteiger partial charge in [0.1, 0.15) is 0 Å². The van der Waals surface area contributed by atoms with Crippen molar-refractivity contribution in [1.29, 1.82) is 0 Å². The summed E-state index contributed by atoms with van der Waals surface area (Å²) >= 11 is 0. The molecule has 0 amide bonds. The van der Waals surface area contributed by atoms with Crippen LogP contribution in [0.2, 0.25) is 0 Å². The minimum absolute atomic E-state index is 1.17. The van der Waals surface area contributed by atoms with Crippen molar-refractivity contribution in [1.82, 2.24) is 0 Å². The summed E-state index contributed by atoms with van der Waals surface area (Å²) in [5, 5.41) is 0. The summed E-state index contributed by atoms with van der Waals surface area (Å²) in [6, 6.07) is 10.3. The van der Waals surface area contributed by atoms with Gasteiger partial charge in [-0.15, -0.1) is 5.73 Å². The third-order valence-corrected chi connectivity index (χ3v) is 1.80. The maximum absolute atomic E-state index is 3.20. The average Bonchev–Trinajstić information content (AvgIpc) is 2.19. The van der Waals surface area contributed by atoms with E-state index in [0.29, 0.717) is 0 Å². The molecule has 0 aliphatic carbocycles. The zero-order valence-electron chi connectivity index (χ0n) is 8.12. The van der Waals surface area contributed by atoms with Crippen LogP contribution in [0.1, 0.15) is 19.4 Å². The molecule has 1 rings (SSSR count). The molecule has 0 unspecified atom stereocenters. The first-order valence-electron chi connectivity index (χ1n) is 4.44. The van der Waals surface area contributed by atoms with Gasteiger partial charge in [-0.1, -0.05) is 42.5 Å². The predicted octanol–water partition coefficient (Wildman–Crippen LogP) is 3.82. The molecular weight excluding hydrogens is 156 g/mol. The summed E-state index contributed by atoms with van der Waals surface area (Å²) in [6.07, 6.45) is 5.90. The highest BCUT2D eigenvalue weighted by Gasteiger charge is 1.89. The third kappa shape index (κ3) is 3.14. The van der Waals surface area contributed by atoms with E-state index in [2.05, 4.69) is 24.8 Å². The molecule has 0 saturated heterocycles. The summed E-state index contributed by atoms with van der Waals surface area (Å²) in [4.78, 5) is 0. The van der Waals surface area contributed by atoms with Crippen molar-refractivity contribution < 1.29 is 0 Å². The molecule has 0 N–H and O–H groups in total. The Labute approximate surface area is 79.9 Å². The van der Waals surface area contributed by atoms with E-state index in [1.54, 1.807) is 0 Å². The lowest BCUT2D eigenvalue weighted by Gasteiger charge is -1.95. The number of allylic oxidation sites excluding steroid dienone is 3. The van der Waals surface area contributed by atoms with Gasteiger partial charge in [0.2, 0.25) is 0 Å². The Kier molecular flexibility index (Phi) is 3.81. The molecule has 1 aromatic carbocycles. The van der Waals surface area contributed by atoms with Crippen LogP contribution < -0.4 is 0 Å². The smallest absolute Gasteiger partial charge is 0.00190 e. The minimum atomic E-state index is 1.17. The molecule has 0 heteroatoms. The summed E-state index contributed by atoms with van der Waals surface area (Å²) in [6.45, 7) is 4.06. The monoisotopic (exact) mass is 170 g/mol. The molecule has 0 nitrogen and oxygen atoms in total. The van der Waals surface area contributed by atoms with Crippen LogP contribution in [0.3, 0.4) is 0 Å². The van der Waals surface area contributed by atoms with Crippen LogP contribution >= 0.6 is 0 Å². The van der Waals surface area contributed by atoms with Crippen LogP contribution in [-0.2, 0) is 0 Å². The van der Waals surface area contributed by atoms with E-state index in [-0.39, 0.29) is 0 Å². The topological polar surface area (TPSA) is 0 Å². The molecule has 0 saturated carbocycles. The van der Waals surface area contributed by atoms with Gasteiger partial charge in [-0.25, -0.2) is 0 Å². The Morgan fingerprint density at radius 1 is 1.23 bits per heavy atom. The van der Waals surface area contributed by atoms with Crippen molar-refractivity contribution in [3.05, 3.63) is 59.9 Å². The highest BCUT2D eigenvalue weighted by Crippen LogP contribution is 2.10. The molecule has 0 radical (unpaired) electrons. The predicted molar refractivity (Wildman–Crippen MR) is 58.4 cm³/mol. The molecule has 66 valence electrons. The van der Waals surface area contributed by atoms with Crippen LogP contribution in [0.15, 0.2) is 54.3 Å². The summed E-state index contributed by atoms with van der Waals surface area (Å²) in [5.74, 6) is 0. The summed E-state index contributed by atoms with van der Waals surface area (Å²) in [7, 11) is 0. The van der Waals surface area contributed by atoms with Crippen LogP contribution in [0.4, 0.5) is 0 Å². The molecule has 0 bridgehead atoms. The lowest BCUT2D eigenvalue weighted by Crippen LogP contribution is -1.74. The molecule has 1 aromatic rings. The number of benzene rings is 1. The Morgan fingerprint density at radius 3 is 2.54 bits per heavy atom. The summed E-state index contributed by atoms with van der Waals surface area (Å²) in [5.41, 5.74) is 5.60. The molecule has 0 atom stereocenters. The van der Waals surface area contributed by atoms with E-state index in [1.807, 2.05) is 43.4 Å². The Morgan fingerprint density at radius 2 is 1.92 bits per heavy atom. The lowest BCUT2D eigenvalue weighted by molar-refractivity contribution is 1.57. The van der Waals surface area contributed by atoms with Gasteiger partial charge >= 0.3 is 0 Å². The second-order valence-corrected chi connectivity index (χ2v) is 2.83. The maximum atomic E-state index is 3.20. The van der Waals surface area contributed by atoms with Crippen LogP contribution in [0.25, 0.3) is 5.57 Å². The second kappa shape index (κ2) is 5.18. The first kappa shape index (κ1) is 9.57. The fraction of sp³-hybridized carbons (Fsp3) is 0.154. The van der Waals surface area contributed by atoms with Gasteiger partial charge in [0.25, 0.3) is 0 Å². The van der Waals surface area contributed by atoms with Crippen LogP contribution in [-0.4, -0.2) is 0 Å². The van der Waals surface area contributed by atoms with Gasteiger partial charge < -0.3 is 0 Å². The standard InChI is InChI=1S/C13H14/c1-3-4-6-9-12(2)13-10-7-5-8-11-13/h3-8,10-11H,1-2H3/b4-3+. The number of rotatable bonds is 2. The molecular formula is C13H14. The molecule has 0 heterocycles. The molecule has 0 spiro atoms. The van der Waals surface area contributed by atoms with Crippen molar-refractivity contribution in [3.63, 3.8) is 0 Å². The highest BCUT2D eigenvalue weighted by atomic mass is 13.9. The molecule has 13 heavy (non-hydrogen) atoms. The van der Waals surface area contributed by atoms with Crippen molar-refractivity contribution in [2.45, 2.75) is 13.8 Å².